The molecule has 39 nitrogen and oxygen atoms in total. The molecule has 41 heteroatoms. The number of ether oxygens (including phenoxy) is 15. The van der Waals surface area contributed by atoms with Crippen LogP contribution in [0.15, 0.2) is 0 Å². The minimum atomic E-state index is -5.15. The molecule has 8 aliphatic heterocycles. The van der Waals surface area contributed by atoms with Crippen molar-refractivity contribution in [2.45, 2.75) is 222 Å². The summed E-state index contributed by atoms with van der Waals surface area (Å²) in [6.07, 6.45) is -41.5. The highest BCUT2D eigenvalue weighted by atomic mass is 32.3. The third-order valence-corrected chi connectivity index (χ3v) is 16.3. The molecule has 8 unspecified atom stereocenters. The molecule has 0 aromatic heterocycles. The molecule has 0 radical (unpaired) electrons. The third-order valence-electron chi connectivity index (χ3n) is 15.4. The van der Waals surface area contributed by atoms with Crippen LogP contribution in [0.3, 0.4) is 0 Å². The molecule has 8 saturated heterocycles. The maximum absolute atomic E-state index is 11.7. The molecule has 0 aliphatic carbocycles. The Bertz CT molecular complexity index is 2310. The van der Waals surface area contributed by atoms with Gasteiger partial charge in [0.2, 0.25) is 0 Å². The predicted molar refractivity (Wildman–Crippen MR) is 264 cm³/mol. The monoisotopic (exact) mass is 1290 g/mol. The van der Waals surface area contributed by atoms with Crippen LogP contribution in [0.25, 0.3) is 0 Å². The van der Waals surface area contributed by atoms with Crippen molar-refractivity contribution >= 4 is 20.8 Å². The molecule has 22 N–H and O–H groups in total. The number of rotatable bonds is 22. The molecule has 8 fully saturated rings. The zero-order valence-electron chi connectivity index (χ0n) is 44.9. The van der Waals surface area contributed by atoms with Gasteiger partial charge in [0, 0.05) is 25.7 Å². The Kier molecular flexibility index (Phi) is 24.4. The Hall–Kier alpha value is -1.50. The maximum atomic E-state index is 11.7. The van der Waals surface area contributed by atoms with E-state index >= 15 is 0 Å². The van der Waals surface area contributed by atoms with E-state index in [4.69, 9.17) is 98.5 Å². The summed E-state index contributed by atoms with van der Waals surface area (Å²) in [5, 5.41) is 128. The van der Waals surface area contributed by atoms with Gasteiger partial charge in [0.1, 0.15) is 97.7 Å². The molecular weight excluding hydrogens is 1210 g/mol. The van der Waals surface area contributed by atoms with Crippen LogP contribution in [-0.2, 0) is 100 Å². The van der Waals surface area contributed by atoms with Gasteiger partial charge in [-0.3, -0.25) is 9.11 Å². The van der Waals surface area contributed by atoms with Crippen LogP contribution in [0, 0.1) is 0 Å². The van der Waals surface area contributed by atoms with Gasteiger partial charge in [0.05, 0.1) is 101 Å². The second-order valence-corrected chi connectivity index (χ2v) is 23.7. The smallest absolute Gasteiger partial charge is 0.394 e. The summed E-state index contributed by atoms with van der Waals surface area (Å²) >= 11 is 0. The van der Waals surface area contributed by atoms with Crippen LogP contribution in [0.4, 0.5) is 0 Å². The topological polar surface area (TPSA) is 612 Å². The average Bonchev–Trinajstić information content (AvgIpc) is 1.92. The van der Waals surface area contributed by atoms with Crippen molar-refractivity contribution in [3.8, 4) is 0 Å². The number of aliphatic hydroxyl groups excluding tert-OH is 12. The average molecular weight is 1290 g/mol. The molecular formula is C44H78N4O35S2. The van der Waals surface area contributed by atoms with Crippen molar-refractivity contribution in [2.24, 2.45) is 22.9 Å². The number of hydrogen-bond acceptors (Lipinski definition) is 37. The lowest BCUT2D eigenvalue weighted by Gasteiger charge is -2.47. The van der Waals surface area contributed by atoms with Gasteiger partial charge in [-0.2, -0.15) is 16.8 Å². The first kappa shape index (κ1) is 69.4. The van der Waals surface area contributed by atoms with Crippen molar-refractivity contribution in [3.05, 3.63) is 0 Å². The van der Waals surface area contributed by atoms with Crippen LogP contribution >= 0.6 is 0 Å². The summed E-state index contributed by atoms with van der Waals surface area (Å²) in [4.78, 5) is 0. The Morgan fingerprint density at radius 3 is 0.988 bits per heavy atom. The third kappa shape index (κ3) is 17.6. The fourth-order valence-electron chi connectivity index (χ4n) is 10.6. The lowest BCUT2D eigenvalue weighted by atomic mass is 9.96. The quantitative estimate of drug-likeness (QED) is 0.0448. The van der Waals surface area contributed by atoms with Gasteiger partial charge in [0.15, 0.2) is 50.3 Å². The van der Waals surface area contributed by atoms with E-state index in [1.807, 2.05) is 0 Å². The zero-order valence-corrected chi connectivity index (χ0v) is 46.6. The minimum Gasteiger partial charge on any atom is -0.394 e. The highest BCUT2D eigenvalue weighted by Crippen LogP contribution is 2.35. The molecule has 496 valence electrons. The molecule has 0 amide bonds. The van der Waals surface area contributed by atoms with Gasteiger partial charge >= 0.3 is 20.8 Å². The molecule has 8 rings (SSSR count). The highest BCUT2D eigenvalue weighted by Gasteiger charge is 2.54. The Morgan fingerprint density at radius 1 is 0.376 bits per heavy atom. The molecule has 0 aromatic rings. The minimum absolute atomic E-state index is 0.140. The van der Waals surface area contributed by atoms with Crippen LogP contribution in [-0.4, -0.2) is 337 Å². The zero-order chi connectivity index (χ0) is 62.0. The summed E-state index contributed by atoms with van der Waals surface area (Å²) in [5.74, 6) is 0. The molecule has 8 heterocycles. The van der Waals surface area contributed by atoms with E-state index in [2.05, 4.69) is 8.37 Å². The van der Waals surface area contributed by atoms with Gasteiger partial charge in [-0.1, -0.05) is 0 Å². The molecule has 85 heavy (non-hydrogen) atoms. The van der Waals surface area contributed by atoms with Crippen molar-refractivity contribution in [3.63, 3.8) is 0 Å². The summed E-state index contributed by atoms with van der Waals surface area (Å²) < 4.78 is 159. The number of nitrogens with two attached hydrogens (primary N) is 4. The van der Waals surface area contributed by atoms with Crippen LogP contribution in [0.2, 0.25) is 0 Å². The van der Waals surface area contributed by atoms with Gasteiger partial charge in [-0.25, -0.2) is 8.37 Å². The highest BCUT2D eigenvalue weighted by molar-refractivity contribution is 7.81. The van der Waals surface area contributed by atoms with E-state index in [0.29, 0.717) is 0 Å². The van der Waals surface area contributed by atoms with Crippen molar-refractivity contribution in [1.29, 1.82) is 0 Å². The number of hydrogen-bond donors (Lipinski definition) is 18. The summed E-state index contributed by atoms with van der Waals surface area (Å²) in [6.45, 7) is -5.03. The molecule has 32 atom stereocenters. The summed E-state index contributed by atoms with van der Waals surface area (Å²) in [5.41, 5.74) is 24.7. The van der Waals surface area contributed by atoms with E-state index in [-0.39, 0.29) is 26.1 Å². The van der Waals surface area contributed by atoms with E-state index in [1.54, 1.807) is 0 Å². The first-order valence-corrected chi connectivity index (χ1v) is 29.7. The SMILES string of the molecule is NC1[C@@H](O[C@@H]2CO[C@@H](O[C@H]3C(COS(=O)(=O)O)O[C@H](O[C@@H]4CO[C@@H](O[C@@H]5C(COS(=O)(=O)O)O[C@H](O)C(N)[C@H]5O)C[C@@H]4O)C(N)[C@H]3O)C[C@@H]2O)OC(CO)[C@@H](O[C@H]2C[C@H](O)[C@H](O[C@@H]3OC(CO)[C@H](O[C@H]4C[C@H](O)[C@H](O)CO4)[C@H](O)C3N)CO2)[C@@H]1O. The van der Waals surface area contributed by atoms with E-state index in [9.17, 15) is 82.7 Å². The maximum Gasteiger partial charge on any atom is 0.397 e. The van der Waals surface area contributed by atoms with Crippen molar-refractivity contribution < 1.29 is 167 Å². The fourth-order valence-corrected chi connectivity index (χ4v) is 11.2. The molecule has 8 aliphatic rings. The van der Waals surface area contributed by atoms with Crippen LogP contribution in [0.1, 0.15) is 25.7 Å². The second kappa shape index (κ2) is 29.8. The summed E-state index contributed by atoms with van der Waals surface area (Å²) in [7, 11) is -10.2. The van der Waals surface area contributed by atoms with E-state index < -0.39 is 270 Å². The van der Waals surface area contributed by atoms with Crippen molar-refractivity contribution in [2.75, 3.05) is 52.9 Å². The molecule has 0 saturated carbocycles. The van der Waals surface area contributed by atoms with Gasteiger partial charge < -0.3 is 155 Å². The van der Waals surface area contributed by atoms with Gasteiger partial charge in [-0.15, -0.1) is 0 Å². The lowest BCUT2D eigenvalue weighted by Crippen LogP contribution is -2.66. The van der Waals surface area contributed by atoms with E-state index in [0.717, 1.165) is 0 Å². The lowest BCUT2D eigenvalue weighted by molar-refractivity contribution is -0.350. The van der Waals surface area contributed by atoms with Gasteiger partial charge in [0.25, 0.3) is 0 Å². The Labute approximate surface area is 484 Å². The molecule has 0 bridgehead atoms. The molecule has 0 aromatic carbocycles. The van der Waals surface area contributed by atoms with Crippen LogP contribution in [0.5, 0.6) is 0 Å². The second-order valence-electron chi connectivity index (χ2n) is 21.5. The molecule has 0 spiro atoms. The first-order chi connectivity index (χ1) is 40.0. The van der Waals surface area contributed by atoms with Gasteiger partial charge in [-0.05, 0) is 0 Å². The standard InChI is InChI=1S/C44H78N4O35S2/c45-29-33(56)39(23(73-41(29)60)11-71-84(61,62)63)82-27-3-16(54)22(10-69-27)78-44-32(48)36(59)40(24(79-44)12-72-85(64,65)66)83-28-4-15(53)21(9-70-28)77-43-31(47)35(58)38(19(6-50)75-43)81-26-2-14(52)20(8-68-26)76-42-30(46)34(57)37(18(5-49)74-42)80-25-1-13(51)17(55)7-67-25/h13-44,49-60H,1-12,45-48H2,(H,61,62,63)(H,64,65,66)/t13-,14-,15-,16-,17+,18?,19?,20+,21+,22+,23?,24?,25-,26-,27-,28-,29?,30?,31?,32?,33+,34+,35+,36+,37-,38+,39+,40-,41-,42-,43+,44-/m0/s1. The van der Waals surface area contributed by atoms with Crippen molar-refractivity contribution in [1.82, 2.24) is 0 Å². The number of aliphatic hydroxyl groups is 12. The predicted octanol–water partition coefficient (Wildman–Crippen LogP) is -12.3. The summed E-state index contributed by atoms with van der Waals surface area (Å²) in [6, 6.07) is -5.74. The normalized spacial score (nSPS) is 48.9. The Balaban J connectivity index is 0.798. The van der Waals surface area contributed by atoms with Crippen LogP contribution < -0.4 is 22.9 Å². The van der Waals surface area contributed by atoms with E-state index in [1.165, 1.54) is 0 Å². The Morgan fingerprint density at radius 2 is 0.671 bits per heavy atom. The fraction of sp³-hybridized carbons (Fsp3) is 1.00. The largest absolute Gasteiger partial charge is 0.397 e. The first-order valence-electron chi connectivity index (χ1n) is 27.0.